The van der Waals surface area contributed by atoms with Crippen molar-refractivity contribution in [2.75, 3.05) is 13.1 Å². The number of pyridine rings is 1. The highest BCUT2D eigenvalue weighted by atomic mass is 16.2. The van der Waals surface area contributed by atoms with Gasteiger partial charge < -0.3 is 9.47 Å². The van der Waals surface area contributed by atoms with Crippen LogP contribution in [0.5, 0.6) is 0 Å². The molecule has 1 amide bonds. The Morgan fingerprint density at radius 1 is 1.25 bits per heavy atom. The first-order chi connectivity index (χ1) is 11.8. The third kappa shape index (κ3) is 2.70. The number of carbonyl (C=O) groups is 1. The summed E-state index contributed by atoms with van der Waals surface area (Å²) >= 11 is 0. The number of rotatable bonds is 4. The molecule has 2 fully saturated rings. The molecule has 128 valence electrons. The first-order valence-corrected chi connectivity index (χ1v) is 9.38. The van der Waals surface area contributed by atoms with E-state index in [-0.39, 0.29) is 0 Å². The molecule has 0 N–H and O–H groups in total. The number of imidazole rings is 1. The summed E-state index contributed by atoms with van der Waals surface area (Å²) in [5, 5.41) is 0. The maximum Gasteiger partial charge on any atom is 0.225 e. The van der Waals surface area contributed by atoms with E-state index in [0.29, 0.717) is 17.9 Å². The molecule has 2 aromatic rings. The molecular weight excluding hydrogens is 300 g/mol. The lowest BCUT2D eigenvalue weighted by Crippen LogP contribution is -2.44. The van der Waals surface area contributed by atoms with Crippen LogP contribution in [0.2, 0.25) is 0 Å². The Morgan fingerprint density at radius 2 is 2.04 bits per heavy atom. The predicted molar refractivity (Wildman–Crippen MR) is 93.7 cm³/mol. The first-order valence-electron chi connectivity index (χ1n) is 9.38. The molecular formula is C19H26N4O. The molecule has 0 atom stereocenters. The number of aryl methyl sites for hydroxylation is 1. The number of hydrogen-bond donors (Lipinski definition) is 0. The van der Waals surface area contributed by atoms with Crippen LogP contribution < -0.4 is 0 Å². The lowest BCUT2D eigenvalue weighted by molar-refractivity contribution is -0.139. The molecule has 0 aromatic carbocycles. The van der Waals surface area contributed by atoms with Gasteiger partial charge in [0.15, 0.2) is 5.65 Å². The Kier molecular flexibility index (Phi) is 4.25. The van der Waals surface area contributed by atoms with Crippen molar-refractivity contribution < 1.29 is 4.79 Å². The molecule has 1 saturated heterocycles. The monoisotopic (exact) mass is 326 g/mol. The fourth-order valence-corrected chi connectivity index (χ4v) is 4.02. The number of nitrogens with zero attached hydrogens (tertiary/aromatic N) is 4. The average Bonchev–Trinajstić information content (AvgIpc) is 2.92. The van der Waals surface area contributed by atoms with E-state index in [1.54, 1.807) is 0 Å². The molecule has 1 aliphatic heterocycles. The van der Waals surface area contributed by atoms with Crippen molar-refractivity contribution in [1.29, 1.82) is 0 Å². The van der Waals surface area contributed by atoms with Crippen LogP contribution in [0.1, 0.15) is 57.3 Å². The van der Waals surface area contributed by atoms with E-state index >= 15 is 0 Å². The van der Waals surface area contributed by atoms with Crippen LogP contribution in [0.25, 0.3) is 11.2 Å². The molecule has 5 heteroatoms. The number of aromatic nitrogens is 3. The van der Waals surface area contributed by atoms with Crippen molar-refractivity contribution >= 4 is 17.1 Å². The van der Waals surface area contributed by atoms with Crippen molar-refractivity contribution in [2.45, 2.75) is 57.9 Å². The van der Waals surface area contributed by atoms with Crippen molar-refractivity contribution in [3.8, 4) is 0 Å². The third-order valence-electron chi connectivity index (χ3n) is 5.59. The van der Waals surface area contributed by atoms with Crippen molar-refractivity contribution in [3.63, 3.8) is 0 Å². The zero-order valence-electron chi connectivity index (χ0n) is 14.4. The normalized spacial score (nSPS) is 19.6. The molecule has 2 aliphatic rings. The van der Waals surface area contributed by atoms with Crippen LogP contribution in [-0.2, 0) is 11.2 Å². The Balaban J connectivity index is 1.53. The van der Waals surface area contributed by atoms with E-state index < -0.39 is 0 Å². The Morgan fingerprint density at radius 3 is 2.71 bits per heavy atom. The van der Waals surface area contributed by atoms with Crippen LogP contribution in [0.15, 0.2) is 18.3 Å². The maximum atomic E-state index is 12.4. The minimum Gasteiger partial charge on any atom is -0.342 e. The number of hydrogen-bond acceptors (Lipinski definition) is 3. The minimum atomic E-state index is 0.313. The summed E-state index contributed by atoms with van der Waals surface area (Å²) in [7, 11) is 0. The van der Waals surface area contributed by atoms with E-state index in [2.05, 4.69) is 21.4 Å². The predicted octanol–water partition coefficient (Wildman–Crippen LogP) is 3.35. The van der Waals surface area contributed by atoms with Gasteiger partial charge in [-0.1, -0.05) is 13.3 Å². The Bertz CT molecular complexity index is 726. The Hall–Kier alpha value is -1.91. The van der Waals surface area contributed by atoms with E-state index in [1.807, 2.05) is 18.3 Å². The van der Waals surface area contributed by atoms with Gasteiger partial charge in [-0.2, -0.15) is 0 Å². The van der Waals surface area contributed by atoms with Crippen LogP contribution in [0.4, 0.5) is 0 Å². The molecule has 3 heterocycles. The summed E-state index contributed by atoms with van der Waals surface area (Å²) in [6, 6.07) is 4.42. The minimum absolute atomic E-state index is 0.313. The maximum absolute atomic E-state index is 12.4. The first kappa shape index (κ1) is 15.6. The van der Waals surface area contributed by atoms with Gasteiger partial charge in [-0.3, -0.25) is 4.79 Å². The number of carbonyl (C=O) groups excluding carboxylic acids is 1. The van der Waals surface area contributed by atoms with Crippen molar-refractivity contribution in [3.05, 3.63) is 24.2 Å². The highest BCUT2D eigenvalue weighted by Gasteiger charge is 2.32. The van der Waals surface area contributed by atoms with Gasteiger partial charge in [-0.25, -0.2) is 9.97 Å². The number of fused-ring (bicyclic) bond motifs is 1. The van der Waals surface area contributed by atoms with Crippen LogP contribution >= 0.6 is 0 Å². The number of piperidine rings is 1. The second-order valence-electron chi connectivity index (χ2n) is 7.18. The highest BCUT2D eigenvalue weighted by molar-refractivity contribution is 5.79. The number of likely N-dealkylation sites (tertiary alicyclic amines) is 1. The second kappa shape index (κ2) is 6.54. The SMILES string of the molecule is CCCc1nc2cccnc2n1C1CCN(C(=O)C2CCC2)CC1. The van der Waals surface area contributed by atoms with Gasteiger partial charge in [-0.05, 0) is 44.2 Å². The number of amides is 1. The van der Waals surface area contributed by atoms with Crippen LogP contribution in [-0.4, -0.2) is 38.4 Å². The van der Waals surface area contributed by atoms with Crippen LogP contribution in [0.3, 0.4) is 0 Å². The van der Waals surface area contributed by atoms with Crippen molar-refractivity contribution in [1.82, 2.24) is 19.4 Å². The summed E-state index contributed by atoms with van der Waals surface area (Å²) in [5.74, 6) is 1.85. The average molecular weight is 326 g/mol. The van der Waals surface area contributed by atoms with Gasteiger partial charge in [0.2, 0.25) is 5.91 Å². The van der Waals surface area contributed by atoms with Gasteiger partial charge in [0.1, 0.15) is 11.3 Å². The molecule has 5 nitrogen and oxygen atoms in total. The fraction of sp³-hybridized carbons (Fsp3) is 0.632. The molecule has 4 rings (SSSR count). The van der Waals surface area contributed by atoms with E-state index in [4.69, 9.17) is 4.98 Å². The molecule has 2 aromatic heterocycles. The second-order valence-corrected chi connectivity index (χ2v) is 7.18. The van der Waals surface area contributed by atoms with E-state index in [1.165, 1.54) is 6.42 Å². The molecule has 0 bridgehead atoms. The lowest BCUT2D eigenvalue weighted by Gasteiger charge is -2.37. The van der Waals surface area contributed by atoms with Gasteiger partial charge >= 0.3 is 0 Å². The summed E-state index contributed by atoms with van der Waals surface area (Å²) < 4.78 is 2.35. The van der Waals surface area contributed by atoms with Gasteiger partial charge in [-0.15, -0.1) is 0 Å². The molecule has 0 spiro atoms. The highest BCUT2D eigenvalue weighted by Crippen LogP contribution is 2.32. The van der Waals surface area contributed by atoms with Crippen LogP contribution in [0, 0.1) is 5.92 Å². The van der Waals surface area contributed by atoms with Gasteiger partial charge in [0.25, 0.3) is 0 Å². The molecule has 0 radical (unpaired) electrons. The summed E-state index contributed by atoms with van der Waals surface area (Å²) in [4.78, 5) is 23.9. The lowest BCUT2D eigenvalue weighted by atomic mass is 9.84. The zero-order chi connectivity index (χ0) is 16.5. The topological polar surface area (TPSA) is 51.0 Å². The van der Waals surface area contributed by atoms with Crippen molar-refractivity contribution in [2.24, 2.45) is 5.92 Å². The summed E-state index contributed by atoms with van der Waals surface area (Å²) in [6.45, 7) is 3.94. The molecule has 1 saturated carbocycles. The zero-order valence-corrected chi connectivity index (χ0v) is 14.4. The molecule has 1 aliphatic carbocycles. The third-order valence-corrected chi connectivity index (χ3v) is 5.59. The summed E-state index contributed by atoms with van der Waals surface area (Å²) in [6.07, 6.45) is 9.35. The smallest absolute Gasteiger partial charge is 0.225 e. The quantitative estimate of drug-likeness (QED) is 0.866. The van der Waals surface area contributed by atoms with Gasteiger partial charge in [0, 0.05) is 37.7 Å². The summed E-state index contributed by atoms with van der Waals surface area (Å²) in [5.41, 5.74) is 2.00. The van der Waals surface area contributed by atoms with E-state index in [0.717, 1.165) is 68.6 Å². The van der Waals surface area contributed by atoms with Gasteiger partial charge in [0.05, 0.1) is 0 Å². The largest absolute Gasteiger partial charge is 0.342 e. The Labute approximate surface area is 143 Å². The van der Waals surface area contributed by atoms with E-state index in [9.17, 15) is 4.79 Å². The molecule has 0 unspecified atom stereocenters. The standard InChI is InChI=1S/C19H26N4O/c1-2-5-17-21-16-8-4-11-20-18(16)23(17)15-9-12-22(13-10-15)19(24)14-6-3-7-14/h4,8,11,14-15H,2-3,5-7,9-10,12-13H2,1H3. The molecule has 24 heavy (non-hydrogen) atoms. The fourth-order valence-electron chi connectivity index (χ4n) is 4.02.